The highest BCUT2D eigenvalue weighted by atomic mass is 32.2. The molecule has 8 aliphatic carbocycles. The lowest BCUT2D eigenvalue weighted by Crippen LogP contribution is -2.60. The van der Waals surface area contributed by atoms with E-state index in [1.54, 1.807) is 24.3 Å². The summed E-state index contributed by atoms with van der Waals surface area (Å²) < 4.78 is 65.8. The van der Waals surface area contributed by atoms with Crippen LogP contribution in [0.2, 0.25) is 0 Å². The molecule has 8 bridgehead atoms. The number of hydrogen-bond acceptors (Lipinski definition) is 12. The van der Waals surface area contributed by atoms with Gasteiger partial charge in [0, 0.05) is 29.0 Å². The molecule has 0 saturated heterocycles. The van der Waals surface area contributed by atoms with E-state index in [4.69, 9.17) is 21.2 Å². The van der Waals surface area contributed by atoms with Crippen LogP contribution in [0.3, 0.4) is 0 Å². The third-order valence-electron chi connectivity index (χ3n) is 12.7. The molecular formula is C40H52N8O10S3. The van der Waals surface area contributed by atoms with Crippen LogP contribution in [-0.4, -0.2) is 53.4 Å². The maximum absolute atomic E-state index is 12.5. The predicted molar refractivity (Wildman–Crippen MR) is 227 cm³/mol. The molecule has 0 heterocycles. The van der Waals surface area contributed by atoms with Crippen LogP contribution in [0.15, 0.2) is 92.5 Å². The number of nitro groups is 1. The van der Waals surface area contributed by atoms with E-state index in [-0.39, 0.29) is 37.5 Å². The van der Waals surface area contributed by atoms with Gasteiger partial charge in [-0.05, 0) is 155 Å². The van der Waals surface area contributed by atoms with Gasteiger partial charge in [-0.15, -0.1) is 0 Å². The Kier molecular flexibility index (Phi) is 13.4. The summed E-state index contributed by atoms with van der Waals surface area (Å²) >= 11 is 0. The van der Waals surface area contributed by atoms with E-state index in [2.05, 4.69) is 15.6 Å². The SMILES string of the molecule is NS(=O)(=O)c1cccc(NC(=O)NC23CC4CC(CC(C4)C2)C3)c1.NS(=O)(=O)c1cccc([N+](=O)[O-])c1.Nc1cccc(S(N)(=O)=O)c1.O=C=NC12CC3CC(CC(C3)C1)C2. The molecular weight excluding hydrogens is 849 g/mol. The number of aliphatic imine (C=N–C) groups is 1. The summed E-state index contributed by atoms with van der Waals surface area (Å²) in [5.74, 6) is 4.89. The smallest absolute Gasteiger partial charge is 0.319 e. The van der Waals surface area contributed by atoms with Crippen LogP contribution < -0.4 is 31.8 Å². The van der Waals surface area contributed by atoms with Gasteiger partial charge in [0.25, 0.3) is 5.69 Å². The standard InChI is InChI=1S/C17H23N3O3S.C11H15NO.C6H6N2O4S.C6H8N2O2S/c18-24(22,23)15-3-1-2-14(7-15)19-16(21)20-17-8-11-4-12(9-17)6-13(5-11)10-17;13-7-12-11-4-8-1-9(5-11)3-10(2-8)6-11;7-13(11,12)6-3-1-2-5(4-6)8(9)10;7-5-2-1-3-6(4-5)11(8,9)10/h1-3,7,11-13H,4-6,8-10H2,(H2,18,22,23)(H2,19,20,21);8-10H,1-6H2;1-4H,(H2,7,11,12);1-4H,7H2,(H2,8,9,10). The van der Waals surface area contributed by atoms with Crippen molar-refractivity contribution in [3.63, 3.8) is 0 Å². The molecule has 3 aromatic carbocycles. The number of isocyanates is 1. The van der Waals surface area contributed by atoms with Gasteiger partial charge in [0.1, 0.15) is 0 Å². The van der Waals surface area contributed by atoms with Crippen molar-refractivity contribution >= 4 is 59.2 Å². The molecule has 21 heteroatoms. The van der Waals surface area contributed by atoms with Crippen LogP contribution in [-0.2, 0) is 34.9 Å². The minimum atomic E-state index is -3.86. The Morgan fingerprint density at radius 3 is 1.48 bits per heavy atom. The van der Waals surface area contributed by atoms with Crippen molar-refractivity contribution in [2.24, 2.45) is 55.9 Å². The highest BCUT2D eigenvalue weighted by Gasteiger charge is 2.52. The van der Waals surface area contributed by atoms with Crippen molar-refractivity contribution in [1.82, 2.24) is 5.32 Å². The molecule has 18 nitrogen and oxygen atoms in total. The molecule has 8 saturated carbocycles. The van der Waals surface area contributed by atoms with Crippen molar-refractivity contribution in [3.8, 4) is 0 Å². The number of nitrogens with two attached hydrogens (primary N) is 4. The molecule has 8 fully saturated rings. The second-order valence-electron chi connectivity index (χ2n) is 17.6. The number of hydrogen-bond donors (Lipinski definition) is 6. The highest BCUT2D eigenvalue weighted by molar-refractivity contribution is 7.89. The second kappa shape index (κ2) is 17.9. The number of nitrogens with one attached hydrogen (secondary N) is 2. The minimum absolute atomic E-state index is 0.00453. The van der Waals surface area contributed by atoms with Gasteiger partial charge in [0.05, 0.1) is 25.1 Å². The number of benzene rings is 3. The fourth-order valence-corrected chi connectivity index (χ4v) is 12.9. The fourth-order valence-electron chi connectivity index (χ4n) is 11.2. The largest absolute Gasteiger partial charge is 0.399 e. The highest BCUT2D eigenvalue weighted by Crippen LogP contribution is 2.57. The van der Waals surface area contributed by atoms with E-state index in [0.717, 1.165) is 60.8 Å². The van der Waals surface area contributed by atoms with E-state index in [9.17, 15) is 45.0 Å². The molecule has 0 atom stereocenters. The number of carbonyl (C=O) groups is 1. The first-order valence-electron chi connectivity index (χ1n) is 20.0. The average Bonchev–Trinajstić information content (AvgIpc) is 3.13. The minimum Gasteiger partial charge on any atom is -0.399 e. The van der Waals surface area contributed by atoms with Crippen LogP contribution in [0.1, 0.15) is 77.0 Å². The molecule has 10 N–H and O–H groups in total. The Labute approximate surface area is 355 Å². The average molecular weight is 901 g/mol. The van der Waals surface area contributed by atoms with Gasteiger partial charge in [-0.1, -0.05) is 18.2 Å². The molecule has 330 valence electrons. The van der Waals surface area contributed by atoms with E-state index >= 15 is 0 Å². The Hall–Kier alpha value is -4.76. The number of primary sulfonamides is 3. The van der Waals surface area contributed by atoms with Crippen molar-refractivity contribution < 1.29 is 39.8 Å². The van der Waals surface area contributed by atoms with Gasteiger partial charge in [0.2, 0.25) is 36.1 Å². The summed E-state index contributed by atoms with van der Waals surface area (Å²) in [4.78, 5) is 36.3. The van der Waals surface area contributed by atoms with E-state index in [1.807, 2.05) is 0 Å². The van der Waals surface area contributed by atoms with Gasteiger partial charge in [-0.3, -0.25) is 10.1 Å². The number of nitro benzene ring substituents is 1. The Balaban J connectivity index is 0.000000145. The molecule has 2 amide bonds. The van der Waals surface area contributed by atoms with Crippen molar-refractivity contribution in [3.05, 3.63) is 82.9 Å². The number of anilines is 2. The molecule has 0 unspecified atom stereocenters. The Bertz CT molecular complexity index is 2460. The third-order valence-corrected chi connectivity index (χ3v) is 15.4. The molecule has 61 heavy (non-hydrogen) atoms. The summed E-state index contributed by atoms with van der Waals surface area (Å²) in [7, 11) is -11.2. The Morgan fingerprint density at radius 1 is 0.656 bits per heavy atom. The third kappa shape index (κ3) is 12.0. The summed E-state index contributed by atoms with van der Waals surface area (Å²) in [6.45, 7) is 0. The molecule has 8 aliphatic rings. The van der Waals surface area contributed by atoms with E-state index in [0.29, 0.717) is 11.4 Å². The predicted octanol–water partition coefficient (Wildman–Crippen LogP) is 4.87. The molecule has 0 aliphatic heterocycles. The molecule has 11 rings (SSSR count). The van der Waals surface area contributed by atoms with E-state index in [1.165, 1.54) is 106 Å². The molecule has 0 aromatic heterocycles. The van der Waals surface area contributed by atoms with Crippen molar-refractivity contribution in [2.75, 3.05) is 11.1 Å². The number of rotatable bonds is 7. The van der Waals surface area contributed by atoms with Gasteiger partial charge < -0.3 is 16.4 Å². The van der Waals surface area contributed by atoms with Crippen LogP contribution in [0.5, 0.6) is 0 Å². The second-order valence-corrected chi connectivity index (χ2v) is 22.3. The van der Waals surface area contributed by atoms with Crippen LogP contribution in [0.25, 0.3) is 0 Å². The Morgan fingerprint density at radius 2 is 1.07 bits per heavy atom. The van der Waals surface area contributed by atoms with Crippen LogP contribution in [0, 0.1) is 45.6 Å². The van der Waals surface area contributed by atoms with E-state index < -0.39 is 35.0 Å². The number of urea groups is 1. The molecule has 3 aromatic rings. The topological polar surface area (TPSA) is 320 Å². The number of amides is 2. The first-order chi connectivity index (χ1) is 28.5. The summed E-state index contributed by atoms with van der Waals surface area (Å²) in [6.07, 6.45) is 16.7. The summed E-state index contributed by atoms with van der Waals surface area (Å²) in [5, 5.41) is 31.0. The van der Waals surface area contributed by atoms with Gasteiger partial charge >= 0.3 is 6.03 Å². The van der Waals surface area contributed by atoms with Crippen LogP contribution in [0.4, 0.5) is 21.9 Å². The number of sulfonamides is 3. The summed E-state index contributed by atoms with van der Waals surface area (Å²) in [5.41, 5.74) is 5.83. The summed E-state index contributed by atoms with van der Waals surface area (Å²) in [6, 6.07) is 16.2. The fraction of sp³-hybridized carbons (Fsp3) is 0.500. The first-order valence-corrected chi connectivity index (χ1v) is 24.6. The van der Waals surface area contributed by atoms with Crippen molar-refractivity contribution in [2.45, 2.75) is 103 Å². The normalized spacial score (nSPS) is 28.9. The number of nitrogens with zero attached hydrogens (tertiary/aromatic N) is 2. The number of nitrogen functional groups attached to an aromatic ring is 1. The van der Waals surface area contributed by atoms with Crippen LogP contribution >= 0.6 is 0 Å². The van der Waals surface area contributed by atoms with Gasteiger partial charge in [-0.25, -0.2) is 50.3 Å². The molecule has 0 radical (unpaired) electrons. The number of non-ortho nitro benzene ring substituents is 1. The lowest BCUT2D eigenvalue weighted by Gasteiger charge is -2.56. The first kappa shape index (κ1) is 45.8. The lowest BCUT2D eigenvalue weighted by atomic mass is 9.53. The monoisotopic (exact) mass is 900 g/mol. The zero-order valence-corrected chi connectivity index (χ0v) is 35.8. The van der Waals surface area contributed by atoms with Gasteiger partial charge in [0.15, 0.2) is 0 Å². The molecule has 0 spiro atoms. The lowest BCUT2D eigenvalue weighted by molar-refractivity contribution is -0.385. The zero-order chi connectivity index (χ0) is 44.4. The quantitative estimate of drug-likeness (QED) is 0.0611. The number of carbonyl (C=O) groups excluding carboxylic acids is 2. The van der Waals surface area contributed by atoms with Gasteiger partial charge in [-0.2, -0.15) is 4.99 Å². The zero-order valence-electron chi connectivity index (χ0n) is 33.4. The maximum Gasteiger partial charge on any atom is 0.319 e. The van der Waals surface area contributed by atoms with Crippen molar-refractivity contribution in [1.29, 1.82) is 0 Å². The maximum atomic E-state index is 12.5.